The molecule has 1 aliphatic rings. The van der Waals surface area contributed by atoms with Gasteiger partial charge in [-0.25, -0.2) is 0 Å². The Morgan fingerprint density at radius 1 is 1.52 bits per heavy atom. The average molecular weight is 311 g/mol. The molecule has 0 aliphatic carbocycles. The van der Waals surface area contributed by atoms with Crippen LogP contribution in [0.25, 0.3) is 0 Å². The summed E-state index contributed by atoms with van der Waals surface area (Å²) in [5, 5.41) is 13.3. The van der Waals surface area contributed by atoms with Gasteiger partial charge in [0.2, 0.25) is 0 Å². The van der Waals surface area contributed by atoms with E-state index in [0.29, 0.717) is 23.0 Å². The third-order valence-electron chi connectivity index (χ3n) is 3.84. The normalized spacial score (nSPS) is 18.5. The molecular formula is C16H23ClN2O2. The van der Waals surface area contributed by atoms with Gasteiger partial charge < -0.3 is 15.3 Å². The van der Waals surface area contributed by atoms with Gasteiger partial charge in [-0.15, -0.1) is 0 Å². The Morgan fingerprint density at radius 3 is 3.00 bits per heavy atom. The molecule has 1 amide bonds. The molecule has 2 N–H and O–H groups in total. The molecule has 116 valence electrons. The Labute approximate surface area is 131 Å². The molecule has 0 bridgehead atoms. The predicted octanol–water partition coefficient (Wildman–Crippen LogP) is 2.90. The van der Waals surface area contributed by atoms with E-state index in [9.17, 15) is 9.90 Å². The van der Waals surface area contributed by atoms with E-state index in [1.54, 1.807) is 6.07 Å². The van der Waals surface area contributed by atoms with Crippen LogP contribution in [0.15, 0.2) is 18.2 Å². The van der Waals surface area contributed by atoms with Crippen LogP contribution in [-0.2, 0) is 0 Å². The average Bonchev–Trinajstić information content (AvgIpc) is 2.49. The number of rotatable bonds is 5. The van der Waals surface area contributed by atoms with E-state index in [4.69, 9.17) is 11.6 Å². The maximum Gasteiger partial charge on any atom is 0.255 e. The van der Waals surface area contributed by atoms with Gasteiger partial charge in [0.15, 0.2) is 0 Å². The van der Waals surface area contributed by atoms with E-state index < -0.39 is 0 Å². The molecule has 4 nitrogen and oxygen atoms in total. The van der Waals surface area contributed by atoms with Crippen LogP contribution in [0.2, 0.25) is 5.02 Å². The molecular weight excluding hydrogens is 288 g/mol. The summed E-state index contributed by atoms with van der Waals surface area (Å²) >= 11 is 6.11. The number of phenolic OH excluding ortho intramolecular Hbond substituents is 1. The number of hydrogen-bond acceptors (Lipinski definition) is 3. The molecule has 1 saturated heterocycles. The number of benzene rings is 1. The number of carbonyl (C=O) groups excluding carboxylic acids is 1. The molecule has 21 heavy (non-hydrogen) atoms. The van der Waals surface area contributed by atoms with Gasteiger partial charge >= 0.3 is 0 Å². The Balaban J connectivity index is 2.12. The predicted molar refractivity (Wildman–Crippen MR) is 84.9 cm³/mol. The minimum atomic E-state index is -0.0941. The summed E-state index contributed by atoms with van der Waals surface area (Å²) in [6, 6.07) is 4.51. The summed E-state index contributed by atoms with van der Waals surface area (Å²) in [6.45, 7) is 5.54. The quantitative estimate of drug-likeness (QED) is 0.879. The smallest absolute Gasteiger partial charge is 0.255 e. The van der Waals surface area contributed by atoms with Crippen LogP contribution in [0.4, 0.5) is 0 Å². The van der Waals surface area contributed by atoms with Crippen LogP contribution < -0.4 is 5.32 Å². The summed E-state index contributed by atoms with van der Waals surface area (Å²) < 4.78 is 0. The Bertz CT molecular complexity index is 487. The molecule has 0 spiro atoms. The lowest BCUT2D eigenvalue weighted by atomic mass is 9.98. The van der Waals surface area contributed by atoms with Crippen LogP contribution in [0, 0.1) is 5.92 Å². The molecule has 1 aromatic carbocycles. The molecule has 0 aromatic heterocycles. The Kier molecular flexibility index (Phi) is 5.88. The highest BCUT2D eigenvalue weighted by molar-refractivity contribution is 6.33. The van der Waals surface area contributed by atoms with Gasteiger partial charge in [-0.3, -0.25) is 4.79 Å². The molecule has 1 aliphatic heterocycles. The second kappa shape index (κ2) is 7.66. The number of carbonyl (C=O) groups is 1. The molecule has 5 heteroatoms. The summed E-state index contributed by atoms with van der Waals surface area (Å²) in [4.78, 5) is 14.6. The highest BCUT2D eigenvalue weighted by Gasteiger charge is 2.23. The number of amides is 1. The lowest BCUT2D eigenvalue weighted by molar-refractivity contribution is 0.0718. The van der Waals surface area contributed by atoms with Gasteiger partial charge in [-0.1, -0.05) is 18.5 Å². The van der Waals surface area contributed by atoms with Gasteiger partial charge in [-0.2, -0.15) is 0 Å². The Hall–Kier alpha value is -1.26. The summed E-state index contributed by atoms with van der Waals surface area (Å²) in [7, 11) is 0. The Morgan fingerprint density at radius 2 is 2.33 bits per heavy atom. The number of aromatic hydroxyl groups is 1. The fourth-order valence-corrected chi connectivity index (χ4v) is 2.98. The van der Waals surface area contributed by atoms with Crippen LogP contribution in [0.5, 0.6) is 5.75 Å². The number of nitrogens with one attached hydrogen (secondary N) is 1. The SMILES string of the molecule is CCCN(CC1CCCNC1)C(=O)c1cc(O)ccc1Cl. The fourth-order valence-electron chi connectivity index (χ4n) is 2.78. The third kappa shape index (κ3) is 4.35. The van der Waals surface area contributed by atoms with E-state index in [2.05, 4.69) is 12.2 Å². The minimum Gasteiger partial charge on any atom is -0.508 e. The van der Waals surface area contributed by atoms with Crippen molar-refractivity contribution in [2.75, 3.05) is 26.2 Å². The lowest BCUT2D eigenvalue weighted by Gasteiger charge is -2.30. The maximum absolute atomic E-state index is 12.7. The number of halogens is 1. The largest absolute Gasteiger partial charge is 0.508 e. The van der Waals surface area contributed by atoms with E-state index >= 15 is 0 Å². The van der Waals surface area contributed by atoms with Crippen molar-refractivity contribution in [3.8, 4) is 5.75 Å². The number of piperidine rings is 1. The molecule has 1 unspecified atom stereocenters. The van der Waals surface area contributed by atoms with Gasteiger partial charge in [0, 0.05) is 13.1 Å². The number of nitrogens with zero attached hydrogens (tertiary/aromatic N) is 1. The maximum atomic E-state index is 12.7. The standard InChI is InChI=1S/C16H23ClN2O2/c1-2-8-19(11-12-4-3-7-18-10-12)16(21)14-9-13(20)5-6-15(14)17/h5-6,9,12,18,20H,2-4,7-8,10-11H2,1H3. The first kappa shape index (κ1) is 16.1. The zero-order valence-electron chi connectivity index (χ0n) is 12.4. The van der Waals surface area contributed by atoms with E-state index in [0.717, 1.165) is 38.9 Å². The van der Waals surface area contributed by atoms with Crippen LogP contribution in [0.1, 0.15) is 36.5 Å². The molecule has 1 fully saturated rings. The van der Waals surface area contributed by atoms with Gasteiger partial charge in [-0.05, 0) is 56.5 Å². The summed E-state index contributed by atoms with van der Waals surface area (Å²) in [5.74, 6) is 0.465. The summed E-state index contributed by atoms with van der Waals surface area (Å²) in [6.07, 6.45) is 3.21. The minimum absolute atomic E-state index is 0.0681. The molecule has 0 radical (unpaired) electrons. The highest BCUT2D eigenvalue weighted by atomic mass is 35.5. The van der Waals surface area contributed by atoms with Gasteiger partial charge in [0.25, 0.3) is 5.91 Å². The second-order valence-electron chi connectivity index (χ2n) is 5.63. The van der Waals surface area contributed by atoms with Crippen molar-refractivity contribution < 1.29 is 9.90 Å². The van der Waals surface area contributed by atoms with Crippen molar-refractivity contribution in [2.24, 2.45) is 5.92 Å². The van der Waals surface area contributed by atoms with Gasteiger partial charge in [0.05, 0.1) is 10.6 Å². The zero-order valence-corrected chi connectivity index (χ0v) is 13.2. The molecule has 1 aromatic rings. The highest BCUT2D eigenvalue weighted by Crippen LogP contribution is 2.23. The second-order valence-corrected chi connectivity index (χ2v) is 6.03. The first-order chi connectivity index (χ1) is 10.1. The fraction of sp³-hybridized carbons (Fsp3) is 0.562. The van der Waals surface area contributed by atoms with Crippen molar-refractivity contribution in [1.29, 1.82) is 0 Å². The first-order valence-corrected chi connectivity index (χ1v) is 7.98. The van der Waals surface area contributed by atoms with Crippen molar-refractivity contribution in [3.05, 3.63) is 28.8 Å². The van der Waals surface area contributed by atoms with E-state index in [-0.39, 0.29) is 11.7 Å². The molecule has 1 atom stereocenters. The van der Waals surface area contributed by atoms with Crippen molar-refractivity contribution >= 4 is 17.5 Å². The van der Waals surface area contributed by atoms with Gasteiger partial charge in [0.1, 0.15) is 5.75 Å². The summed E-state index contributed by atoms with van der Waals surface area (Å²) in [5.41, 5.74) is 0.383. The molecule has 2 rings (SSSR count). The van der Waals surface area contributed by atoms with Crippen LogP contribution >= 0.6 is 11.6 Å². The number of phenols is 1. The zero-order chi connectivity index (χ0) is 15.2. The van der Waals surface area contributed by atoms with Crippen LogP contribution in [-0.4, -0.2) is 42.1 Å². The number of hydrogen-bond donors (Lipinski definition) is 2. The molecule has 0 saturated carbocycles. The topological polar surface area (TPSA) is 52.6 Å². The molecule has 1 heterocycles. The van der Waals surface area contributed by atoms with Crippen molar-refractivity contribution in [2.45, 2.75) is 26.2 Å². The van der Waals surface area contributed by atoms with Crippen molar-refractivity contribution in [1.82, 2.24) is 10.2 Å². The van der Waals surface area contributed by atoms with Crippen molar-refractivity contribution in [3.63, 3.8) is 0 Å². The van der Waals surface area contributed by atoms with Crippen LogP contribution in [0.3, 0.4) is 0 Å². The third-order valence-corrected chi connectivity index (χ3v) is 4.17. The van der Waals surface area contributed by atoms with E-state index in [1.165, 1.54) is 12.1 Å². The first-order valence-electron chi connectivity index (χ1n) is 7.60. The monoisotopic (exact) mass is 310 g/mol. The lowest BCUT2D eigenvalue weighted by Crippen LogP contribution is -2.41. The van der Waals surface area contributed by atoms with E-state index in [1.807, 2.05) is 4.90 Å².